The van der Waals surface area contributed by atoms with Gasteiger partial charge in [-0.2, -0.15) is 0 Å². The Hall–Kier alpha value is -1.11. The van der Waals surface area contributed by atoms with Crippen molar-refractivity contribution >= 4 is 5.71 Å². The Bertz CT molecular complexity index is 339. The van der Waals surface area contributed by atoms with Crippen molar-refractivity contribution in [3.63, 3.8) is 0 Å². The van der Waals surface area contributed by atoms with Crippen LogP contribution in [0, 0.1) is 5.41 Å². The summed E-state index contributed by atoms with van der Waals surface area (Å²) in [6, 6.07) is 6.58. The van der Waals surface area contributed by atoms with Crippen molar-refractivity contribution in [2.24, 2.45) is 0 Å². The van der Waals surface area contributed by atoms with Gasteiger partial charge in [-0.05, 0) is 48.4 Å². The summed E-state index contributed by atoms with van der Waals surface area (Å²) in [5, 5.41) is 7.84. The first-order valence-corrected chi connectivity index (χ1v) is 5.01. The van der Waals surface area contributed by atoms with E-state index in [-0.39, 0.29) is 0 Å². The van der Waals surface area contributed by atoms with E-state index in [0.29, 0.717) is 0 Å². The number of rotatable bonds is 1. The molecular formula is C12H15N. The van der Waals surface area contributed by atoms with Crippen molar-refractivity contribution in [2.75, 3.05) is 0 Å². The molecule has 0 atom stereocenters. The normalized spacial score (nSPS) is 15.6. The summed E-state index contributed by atoms with van der Waals surface area (Å²) >= 11 is 0. The second kappa shape index (κ2) is 3.33. The second-order valence-corrected chi connectivity index (χ2v) is 3.68. The van der Waals surface area contributed by atoms with Gasteiger partial charge in [0, 0.05) is 5.71 Å². The van der Waals surface area contributed by atoms with Crippen molar-refractivity contribution in [3.8, 4) is 0 Å². The Morgan fingerprint density at radius 1 is 1.31 bits per heavy atom. The quantitative estimate of drug-likeness (QED) is 0.675. The number of benzene rings is 1. The molecular weight excluding hydrogens is 158 g/mol. The average molecular weight is 173 g/mol. The molecule has 0 saturated heterocycles. The first-order chi connectivity index (χ1) is 6.31. The number of hydrogen-bond acceptors (Lipinski definition) is 1. The molecule has 0 amide bonds. The molecule has 1 aliphatic rings. The van der Waals surface area contributed by atoms with Gasteiger partial charge < -0.3 is 5.41 Å². The topological polar surface area (TPSA) is 23.9 Å². The third kappa shape index (κ3) is 1.51. The van der Waals surface area contributed by atoms with E-state index < -0.39 is 0 Å². The smallest absolute Gasteiger partial charge is 0.0389 e. The molecule has 1 N–H and O–H groups in total. The molecule has 0 aliphatic heterocycles. The molecule has 1 aromatic carbocycles. The third-order valence-corrected chi connectivity index (χ3v) is 2.78. The second-order valence-electron chi connectivity index (χ2n) is 3.68. The van der Waals surface area contributed by atoms with Crippen molar-refractivity contribution in [3.05, 3.63) is 34.9 Å². The van der Waals surface area contributed by atoms with E-state index in [1.165, 1.54) is 16.7 Å². The van der Waals surface area contributed by atoms with E-state index in [2.05, 4.69) is 25.1 Å². The van der Waals surface area contributed by atoms with E-state index in [4.69, 9.17) is 5.41 Å². The van der Waals surface area contributed by atoms with E-state index in [0.717, 1.165) is 31.4 Å². The number of nitrogens with one attached hydrogen (secondary N) is 1. The van der Waals surface area contributed by atoms with Gasteiger partial charge in [0.05, 0.1) is 0 Å². The highest BCUT2D eigenvalue weighted by Crippen LogP contribution is 2.22. The van der Waals surface area contributed by atoms with Crippen LogP contribution in [0.5, 0.6) is 0 Å². The molecule has 1 heteroatoms. The minimum atomic E-state index is 0.830. The van der Waals surface area contributed by atoms with E-state index in [1.54, 1.807) is 0 Å². The zero-order chi connectivity index (χ0) is 9.26. The summed E-state index contributed by atoms with van der Waals surface area (Å²) < 4.78 is 0. The highest BCUT2D eigenvalue weighted by molar-refractivity contribution is 6.00. The van der Waals surface area contributed by atoms with Crippen molar-refractivity contribution in [1.82, 2.24) is 0 Å². The Labute approximate surface area is 79.3 Å². The van der Waals surface area contributed by atoms with Crippen LogP contribution in [0.4, 0.5) is 0 Å². The summed E-state index contributed by atoms with van der Waals surface area (Å²) in [5.74, 6) is 0. The maximum Gasteiger partial charge on any atom is 0.0389 e. The molecule has 1 aliphatic carbocycles. The fourth-order valence-corrected chi connectivity index (χ4v) is 1.93. The maximum atomic E-state index is 7.84. The van der Waals surface area contributed by atoms with E-state index in [9.17, 15) is 0 Å². The number of hydrogen-bond donors (Lipinski definition) is 1. The molecule has 13 heavy (non-hydrogen) atoms. The Balaban J connectivity index is 2.47. The first-order valence-electron chi connectivity index (χ1n) is 5.01. The summed E-state index contributed by atoms with van der Waals surface area (Å²) in [6.07, 6.45) is 4.33. The largest absolute Gasteiger partial charge is 0.305 e. The van der Waals surface area contributed by atoms with Crippen LogP contribution in [0.15, 0.2) is 18.2 Å². The zero-order valence-corrected chi connectivity index (χ0v) is 8.06. The lowest BCUT2D eigenvalue weighted by Gasteiger charge is -2.17. The van der Waals surface area contributed by atoms with Crippen LogP contribution in [0.2, 0.25) is 0 Å². The van der Waals surface area contributed by atoms with Crippen LogP contribution in [-0.2, 0) is 12.8 Å². The zero-order valence-electron chi connectivity index (χ0n) is 8.06. The Morgan fingerprint density at radius 3 is 2.92 bits per heavy atom. The molecule has 0 spiro atoms. The van der Waals surface area contributed by atoms with Gasteiger partial charge in [-0.25, -0.2) is 0 Å². The highest BCUT2D eigenvalue weighted by atomic mass is 14.4. The molecule has 0 radical (unpaired) electrons. The van der Waals surface area contributed by atoms with Crippen LogP contribution in [0.1, 0.15) is 36.5 Å². The number of fused-ring (bicyclic) bond motifs is 1. The summed E-state index contributed by atoms with van der Waals surface area (Å²) in [6.45, 7) is 2.16. The Morgan fingerprint density at radius 2 is 2.15 bits per heavy atom. The lowest BCUT2D eigenvalue weighted by Crippen LogP contribution is -2.10. The molecule has 0 unspecified atom stereocenters. The molecule has 0 bridgehead atoms. The predicted molar refractivity (Wildman–Crippen MR) is 55.6 cm³/mol. The van der Waals surface area contributed by atoms with Gasteiger partial charge in [-0.3, -0.25) is 0 Å². The van der Waals surface area contributed by atoms with E-state index >= 15 is 0 Å². The Kier molecular flexibility index (Phi) is 2.17. The molecule has 1 aromatic rings. The maximum absolute atomic E-state index is 7.84. The van der Waals surface area contributed by atoms with Crippen molar-refractivity contribution in [1.29, 1.82) is 5.41 Å². The minimum Gasteiger partial charge on any atom is -0.305 e. The van der Waals surface area contributed by atoms with Gasteiger partial charge in [-0.1, -0.05) is 19.1 Å². The summed E-state index contributed by atoms with van der Waals surface area (Å²) in [4.78, 5) is 0. The molecule has 0 heterocycles. The van der Waals surface area contributed by atoms with Gasteiger partial charge in [0.1, 0.15) is 0 Å². The molecule has 2 rings (SSSR count). The molecule has 1 nitrogen and oxygen atoms in total. The van der Waals surface area contributed by atoms with Crippen molar-refractivity contribution in [2.45, 2.75) is 32.6 Å². The van der Waals surface area contributed by atoms with E-state index in [1.807, 2.05) is 0 Å². The van der Waals surface area contributed by atoms with Gasteiger partial charge in [-0.15, -0.1) is 0 Å². The van der Waals surface area contributed by atoms with Gasteiger partial charge in [0.15, 0.2) is 0 Å². The minimum absolute atomic E-state index is 0.830. The highest BCUT2D eigenvalue weighted by Gasteiger charge is 2.13. The predicted octanol–water partition coefficient (Wildman–Crippen LogP) is 2.95. The fourth-order valence-electron chi connectivity index (χ4n) is 1.93. The monoisotopic (exact) mass is 173 g/mol. The molecule has 0 saturated carbocycles. The van der Waals surface area contributed by atoms with Gasteiger partial charge >= 0.3 is 0 Å². The van der Waals surface area contributed by atoms with Gasteiger partial charge in [0.2, 0.25) is 0 Å². The molecule has 0 aromatic heterocycles. The first kappa shape index (κ1) is 8.49. The SMILES string of the molecule is CCc1ccc2c(c1)C(=N)CCC2. The third-order valence-electron chi connectivity index (χ3n) is 2.78. The lowest BCUT2D eigenvalue weighted by atomic mass is 9.88. The lowest BCUT2D eigenvalue weighted by molar-refractivity contribution is 0.833. The summed E-state index contributed by atoms with van der Waals surface area (Å²) in [5.41, 5.74) is 4.75. The average Bonchev–Trinajstić information content (AvgIpc) is 2.18. The van der Waals surface area contributed by atoms with Crippen molar-refractivity contribution < 1.29 is 0 Å². The fraction of sp³-hybridized carbons (Fsp3) is 0.417. The van der Waals surface area contributed by atoms with Crippen LogP contribution in [-0.4, -0.2) is 5.71 Å². The number of aryl methyl sites for hydroxylation is 2. The molecule has 0 fully saturated rings. The standard InChI is InChI=1S/C12H15N/c1-2-9-6-7-10-4-3-5-12(13)11(10)8-9/h6-8,13H,2-5H2,1H3. The van der Waals surface area contributed by atoms with Crippen LogP contribution in [0.25, 0.3) is 0 Å². The molecule has 68 valence electrons. The van der Waals surface area contributed by atoms with Gasteiger partial charge in [0.25, 0.3) is 0 Å². The summed E-state index contributed by atoms with van der Waals surface area (Å²) in [7, 11) is 0. The van der Waals surface area contributed by atoms with Crippen LogP contribution >= 0.6 is 0 Å². The van der Waals surface area contributed by atoms with Crippen LogP contribution < -0.4 is 0 Å². The van der Waals surface area contributed by atoms with Crippen LogP contribution in [0.3, 0.4) is 0 Å².